The lowest BCUT2D eigenvalue weighted by Gasteiger charge is -2.02. The molecule has 5 nitrogen and oxygen atoms in total. The molecule has 0 spiro atoms. The van der Waals surface area contributed by atoms with Crippen molar-refractivity contribution in [1.82, 2.24) is 10.2 Å². The van der Waals surface area contributed by atoms with E-state index in [0.29, 0.717) is 23.9 Å². The van der Waals surface area contributed by atoms with Gasteiger partial charge in [0.1, 0.15) is 5.58 Å². The van der Waals surface area contributed by atoms with Crippen LogP contribution in [0.2, 0.25) is 0 Å². The molecule has 0 atom stereocenters. The summed E-state index contributed by atoms with van der Waals surface area (Å²) in [5.41, 5.74) is 1.53. The van der Waals surface area contributed by atoms with Gasteiger partial charge >= 0.3 is 5.97 Å². The minimum atomic E-state index is -0.426. The summed E-state index contributed by atoms with van der Waals surface area (Å²) in [6.07, 6.45) is 0. The molecule has 0 amide bonds. The Labute approximate surface area is 164 Å². The van der Waals surface area contributed by atoms with Gasteiger partial charge in [-0.3, -0.25) is 0 Å². The minimum Gasteiger partial charge on any atom is -0.460 e. The van der Waals surface area contributed by atoms with E-state index in [1.165, 1.54) is 0 Å². The Morgan fingerprint density at radius 2 is 1.96 bits per heavy atom. The van der Waals surface area contributed by atoms with Crippen LogP contribution in [0.4, 0.5) is 0 Å². The molecule has 2 aromatic heterocycles. The fraction of sp³-hybridized carbons (Fsp3) is 0.389. The predicted octanol–water partition coefficient (Wildman–Crippen LogP) is 5.50. The van der Waals surface area contributed by atoms with Gasteiger partial charge in [-0.1, -0.05) is 66.9 Å². The maximum absolute atomic E-state index is 12.2. The van der Waals surface area contributed by atoms with E-state index in [1.807, 2.05) is 24.3 Å². The van der Waals surface area contributed by atoms with Crippen molar-refractivity contribution >= 4 is 51.8 Å². The second-order valence-electron chi connectivity index (χ2n) is 5.95. The quantitative estimate of drug-likeness (QED) is 0.360. The zero-order valence-electron chi connectivity index (χ0n) is 14.9. The normalized spacial score (nSPS) is 11.4. The van der Waals surface area contributed by atoms with Crippen LogP contribution >= 0.6 is 34.9 Å². The highest BCUT2D eigenvalue weighted by molar-refractivity contribution is 8.02. The molecule has 0 radical (unpaired) electrons. The number of benzene rings is 1. The zero-order chi connectivity index (χ0) is 18.5. The van der Waals surface area contributed by atoms with E-state index in [1.54, 1.807) is 41.8 Å². The van der Waals surface area contributed by atoms with Crippen molar-refractivity contribution in [3.8, 4) is 0 Å². The van der Waals surface area contributed by atoms with Gasteiger partial charge in [0, 0.05) is 22.5 Å². The number of aromatic nitrogens is 2. The molecule has 3 aromatic rings. The van der Waals surface area contributed by atoms with Crippen LogP contribution in [0.3, 0.4) is 0 Å². The monoisotopic (exact) mass is 408 g/mol. The smallest absolute Gasteiger partial charge is 0.374 e. The third kappa shape index (κ3) is 4.61. The van der Waals surface area contributed by atoms with Gasteiger partial charge in [0.15, 0.2) is 8.68 Å². The van der Waals surface area contributed by atoms with Crippen LogP contribution in [0.5, 0.6) is 0 Å². The Kier molecular flexibility index (Phi) is 6.61. The number of carbonyl (C=O) groups is 1. The van der Waals surface area contributed by atoms with Crippen molar-refractivity contribution in [2.75, 3.05) is 12.4 Å². The molecule has 0 saturated heterocycles. The third-order valence-electron chi connectivity index (χ3n) is 3.43. The van der Waals surface area contributed by atoms with Crippen LogP contribution in [0.25, 0.3) is 11.0 Å². The lowest BCUT2D eigenvalue weighted by Crippen LogP contribution is -2.05. The molecule has 0 N–H and O–H groups in total. The lowest BCUT2D eigenvalue weighted by atomic mass is 10.1. The Balaban J connectivity index is 1.77. The molecule has 8 heteroatoms. The molecule has 2 heterocycles. The number of para-hydroxylation sites is 1. The number of rotatable bonds is 8. The largest absolute Gasteiger partial charge is 0.460 e. The van der Waals surface area contributed by atoms with Crippen molar-refractivity contribution < 1.29 is 13.9 Å². The van der Waals surface area contributed by atoms with Gasteiger partial charge in [-0.25, -0.2) is 4.79 Å². The minimum absolute atomic E-state index is 0.277. The molecular weight excluding hydrogens is 388 g/mol. The van der Waals surface area contributed by atoms with Crippen molar-refractivity contribution in [2.45, 2.75) is 35.2 Å². The molecule has 0 saturated carbocycles. The zero-order valence-corrected chi connectivity index (χ0v) is 17.3. The Bertz CT molecular complexity index is 889. The van der Waals surface area contributed by atoms with E-state index in [0.717, 1.165) is 25.4 Å². The van der Waals surface area contributed by atoms with Gasteiger partial charge in [0.05, 0.1) is 6.61 Å². The number of hydrogen-bond donors (Lipinski definition) is 0. The van der Waals surface area contributed by atoms with E-state index in [4.69, 9.17) is 9.15 Å². The average Bonchev–Trinajstić information content (AvgIpc) is 3.22. The maximum atomic E-state index is 12.2. The highest BCUT2D eigenvalue weighted by Gasteiger charge is 2.22. The summed E-state index contributed by atoms with van der Waals surface area (Å²) in [4.78, 5) is 12.2. The number of ether oxygens (including phenoxy) is 1. The first-order valence-corrected chi connectivity index (χ1v) is 11.1. The number of carbonyl (C=O) groups excluding carboxylic acids is 1. The van der Waals surface area contributed by atoms with Gasteiger partial charge in [-0.15, -0.1) is 10.2 Å². The van der Waals surface area contributed by atoms with Crippen molar-refractivity contribution in [3.05, 3.63) is 35.6 Å². The van der Waals surface area contributed by atoms with E-state index in [2.05, 4.69) is 24.0 Å². The topological polar surface area (TPSA) is 65.2 Å². The molecule has 0 aliphatic rings. The fourth-order valence-corrected chi connectivity index (χ4v) is 5.31. The molecule has 26 heavy (non-hydrogen) atoms. The van der Waals surface area contributed by atoms with Crippen LogP contribution in [0, 0.1) is 5.92 Å². The first-order chi connectivity index (χ1) is 12.6. The lowest BCUT2D eigenvalue weighted by molar-refractivity contribution is 0.0491. The summed E-state index contributed by atoms with van der Waals surface area (Å²) in [6.45, 7) is 6.47. The summed E-state index contributed by atoms with van der Waals surface area (Å²) in [6, 6.07) is 7.65. The first kappa shape index (κ1) is 19.3. The van der Waals surface area contributed by atoms with Crippen LogP contribution in [0.15, 0.2) is 37.4 Å². The predicted molar refractivity (Wildman–Crippen MR) is 107 cm³/mol. The Hall–Kier alpha value is -1.51. The molecule has 0 aliphatic heterocycles. The Morgan fingerprint density at radius 3 is 2.69 bits per heavy atom. The third-order valence-corrected chi connectivity index (χ3v) is 7.07. The van der Waals surface area contributed by atoms with E-state index in [9.17, 15) is 4.79 Å². The van der Waals surface area contributed by atoms with Gasteiger partial charge < -0.3 is 9.15 Å². The summed E-state index contributed by atoms with van der Waals surface area (Å²) < 4.78 is 12.7. The van der Waals surface area contributed by atoms with Gasteiger partial charge in [0.25, 0.3) is 0 Å². The summed E-state index contributed by atoms with van der Waals surface area (Å²) in [7, 11) is 0. The van der Waals surface area contributed by atoms with Gasteiger partial charge in [-0.2, -0.15) is 0 Å². The SMILES string of the molecule is CCOC(=O)c1oc2ccccc2c1CSc1nnc(SCC(C)C)s1. The molecule has 138 valence electrons. The second-order valence-corrected chi connectivity index (χ2v) is 9.42. The van der Waals surface area contributed by atoms with Gasteiger partial charge in [-0.05, 0) is 18.9 Å². The number of thioether (sulfide) groups is 2. The van der Waals surface area contributed by atoms with E-state index >= 15 is 0 Å². The summed E-state index contributed by atoms with van der Waals surface area (Å²) in [5.74, 6) is 2.07. The number of fused-ring (bicyclic) bond motifs is 1. The first-order valence-electron chi connectivity index (χ1n) is 8.35. The maximum Gasteiger partial charge on any atom is 0.374 e. The van der Waals surface area contributed by atoms with Crippen LogP contribution < -0.4 is 0 Å². The molecule has 0 bridgehead atoms. The van der Waals surface area contributed by atoms with Crippen molar-refractivity contribution in [3.63, 3.8) is 0 Å². The summed E-state index contributed by atoms with van der Waals surface area (Å²) >= 11 is 4.87. The standard InChI is InChI=1S/C18H20N2O3S3/c1-4-22-16(21)15-13(12-7-5-6-8-14(12)23-15)10-25-18-20-19-17(26-18)24-9-11(2)3/h5-8,11H,4,9-10H2,1-3H3. The number of esters is 1. The number of furan rings is 1. The molecule has 1 aromatic carbocycles. The molecule has 3 rings (SSSR count). The molecule has 0 fully saturated rings. The molecular formula is C18H20N2O3S3. The highest BCUT2D eigenvalue weighted by Crippen LogP contribution is 2.35. The van der Waals surface area contributed by atoms with Crippen LogP contribution in [0.1, 0.15) is 36.9 Å². The van der Waals surface area contributed by atoms with E-state index < -0.39 is 5.97 Å². The van der Waals surface area contributed by atoms with Gasteiger partial charge in [0.2, 0.25) is 5.76 Å². The number of hydrogen-bond acceptors (Lipinski definition) is 8. The average molecular weight is 409 g/mol. The number of nitrogens with zero attached hydrogens (tertiary/aromatic N) is 2. The fourth-order valence-electron chi connectivity index (χ4n) is 2.29. The van der Waals surface area contributed by atoms with Crippen LogP contribution in [-0.2, 0) is 10.5 Å². The summed E-state index contributed by atoms with van der Waals surface area (Å²) in [5, 5.41) is 9.41. The molecule has 0 unspecified atom stereocenters. The Morgan fingerprint density at radius 1 is 1.23 bits per heavy atom. The highest BCUT2D eigenvalue weighted by atomic mass is 32.2. The second kappa shape index (κ2) is 8.92. The molecule has 0 aliphatic carbocycles. The van der Waals surface area contributed by atoms with Crippen molar-refractivity contribution in [1.29, 1.82) is 0 Å². The van der Waals surface area contributed by atoms with E-state index in [-0.39, 0.29) is 5.76 Å². The van der Waals surface area contributed by atoms with Crippen molar-refractivity contribution in [2.24, 2.45) is 5.92 Å². The van der Waals surface area contributed by atoms with Crippen LogP contribution in [-0.4, -0.2) is 28.5 Å².